The predicted molar refractivity (Wildman–Crippen MR) is 73.7 cm³/mol. The molecule has 0 aliphatic carbocycles. The van der Waals surface area contributed by atoms with Crippen LogP contribution in [0.3, 0.4) is 0 Å². The molecular weight excluding hydrogens is 242 g/mol. The number of aromatic amines is 1. The highest BCUT2D eigenvalue weighted by Crippen LogP contribution is 2.15. The normalized spacial score (nSPS) is 20.2. The molecule has 0 spiro atoms. The van der Waals surface area contributed by atoms with Gasteiger partial charge in [-0.3, -0.25) is 10.00 Å². The van der Waals surface area contributed by atoms with Crippen LogP contribution in [-0.4, -0.2) is 46.8 Å². The molecule has 0 bridgehead atoms. The Balaban J connectivity index is 1.58. The van der Waals surface area contributed by atoms with Crippen LogP contribution in [0.4, 0.5) is 4.79 Å². The number of amides is 2. The van der Waals surface area contributed by atoms with Crippen LogP contribution in [0.25, 0.3) is 0 Å². The van der Waals surface area contributed by atoms with Crippen molar-refractivity contribution in [1.82, 2.24) is 25.7 Å². The number of nitrogens with zero attached hydrogens (tertiary/aromatic N) is 2. The van der Waals surface area contributed by atoms with Gasteiger partial charge in [0.1, 0.15) is 0 Å². The summed E-state index contributed by atoms with van der Waals surface area (Å²) in [6.07, 6.45) is 5.55. The monoisotopic (exact) mass is 265 g/mol. The summed E-state index contributed by atoms with van der Waals surface area (Å²) in [6.45, 7) is 5.51. The molecule has 2 heterocycles. The van der Waals surface area contributed by atoms with Gasteiger partial charge in [0, 0.05) is 25.3 Å². The summed E-state index contributed by atoms with van der Waals surface area (Å²) in [5.74, 6) is 0. The first kappa shape index (κ1) is 13.9. The first-order valence-corrected chi connectivity index (χ1v) is 6.99. The van der Waals surface area contributed by atoms with Gasteiger partial charge in [-0.15, -0.1) is 0 Å². The van der Waals surface area contributed by atoms with Gasteiger partial charge < -0.3 is 10.6 Å². The molecule has 6 nitrogen and oxygen atoms in total. The van der Waals surface area contributed by atoms with Crippen molar-refractivity contribution in [3.63, 3.8) is 0 Å². The van der Waals surface area contributed by atoms with Crippen molar-refractivity contribution in [2.75, 3.05) is 19.6 Å². The number of piperidine rings is 1. The number of nitrogens with one attached hydrogen (secondary N) is 3. The van der Waals surface area contributed by atoms with Crippen LogP contribution in [0.5, 0.6) is 0 Å². The van der Waals surface area contributed by atoms with Crippen molar-refractivity contribution >= 4 is 6.03 Å². The molecule has 0 unspecified atom stereocenters. The third-order valence-electron chi connectivity index (χ3n) is 3.62. The topological polar surface area (TPSA) is 73.1 Å². The Labute approximate surface area is 113 Å². The number of hydrogen-bond donors (Lipinski definition) is 3. The van der Waals surface area contributed by atoms with Gasteiger partial charge in [-0.2, -0.15) is 5.10 Å². The second kappa shape index (κ2) is 7.13. The maximum atomic E-state index is 11.6. The van der Waals surface area contributed by atoms with Crippen molar-refractivity contribution in [2.24, 2.45) is 0 Å². The SMILES string of the molecule is C[C@H]1CCCCN1CCNC(=O)NCc1ccn[nH]1. The number of likely N-dealkylation sites (tertiary alicyclic amines) is 1. The fourth-order valence-corrected chi connectivity index (χ4v) is 2.42. The van der Waals surface area contributed by atoms with Crippen LogP contribution in [0.15, 0.2) is 12.3 Å². The lowest BCUT2D eigenvalue weighted by Gasteiger charge is -2.33. The number of aromatic nitrogens is 2. The number of rotatable bonds is 5. The third-order valence-corrected chi connectivity index (χ3v) is 3.62. The molecule has 1 aromatic rings. The number of H-pyrrole nitrogens is 1. The van der Waals surface area contributed by atoms with Crippen LogP contribution in [0.2, 0.25) is 0 Å². The van der Waals surface area contributed by atoms with Gasteiger partial charge in [0.15, 0.2) is 0 Å². The lowest BCUT2D eigenvalue weighted by Crippen LogP contribution is -2.44. The number of hydrogen-bond acceptors (Lipinski definition) is 3. The van der Waals surface area contributed by atoms with E-state index in [0.717, 1.165) is 18.8 Å². The van der Waals surface area contributed by atoms with E-state index in [-0.39, 0.29) is 6.03 Å². The lowest BCUT2D eigenvalue weighted by atomic mass is 10.0. The molecule has 106 valence electrons. The zero-order valence-corrected chi connectivity index (χ0v) is 11.5. The number of carbonyl (C=O) groups excluding carboxylic acids is 1. The van der Waals surface area contributed by atoms with E-state index in [1.54, 1.807) is 6.20 Å². The van der Waals surface area contributed by atoms with Crippen molar-refractivity contribution in [2.45, 2.75) is 38.8 Å². The van der Waals surface area contributed by atoms with Gasteiger partial charge in [0.05, 0.1) is 12.2 Å². The fraction of sp³-hybridized carbons (Fsp3) is 0.692. The summed E-state index contributed by atoms with van der Waals surface area (Å²) in [7, 11) is 0. The Morgan fingerprint density at radius 3 is 3.16 bits per heavy atom. The minimum Gasteiger partial charge on any atom is -0.337 e. The smallest absolute Gasteiger partial charge is 0.315 e. The summed E-state index contributed by atoms with van der Waals surface area (Å²) in [5, 5.41) is 12.3. The standard InChI is InChI=1S/C13H23N5O/c1-11-4-2-3-8-18(11)9-7-14-13(19)15-10-12-5-6-16-17-12/h5-6,11H,2-4,7-10H2,1H3,(H,16,17)(H2,14,15,19)/t11-/m0/s1. The molecule has 6 heteroatoms. The molecule has 1 aliphatic rings. The molecule has 3 N–H and O–H groups in total. The minimum atomic E-state index is -0.126. The molecule has 0 aromatic carbocycles. The van der Waals surface area contributed by atoms with Gasteiger partial charge >= 0.3 is 6.03 Å². The lowest BCUT2D eigenvalue weighted by molar-refractivity contribution is 0.161. The average molecular weight is 265 g/mol. The summed E-state index contributed by atoms with van der Waals surface area (Å²) in [6, 6.07) is 2.36. The zero-order chi connectivity index (χ0) is 13.5. The maximum Gasteiger partial charge on any atom is 0.315 e. The largest absolute Gasteiger partial charge is 0.337 e. The van der Waals surface area contributed by atoms with Gasteiger partial charge in [0.25, 0.3) is 0 Å². The maximum absolute atomic E-state index is 11.6. The van der Waals surface area contributed by atoms with Crippen molar-refractivity contribution in [3.8, 4) is 0 Å². The van der Waals surface area contributed by atoms with Crippen molar-refractivity contribution < 1.29 is 4.79 Å². The summed E-state index contributed by atoms with van der Waals surface area (Å²) < 4.78 is 0. The Morgan fingerprint density at radius 2 is 2.42 bits per heavy atom. The molecule has 1 atom stereocenters. The van der Waals surface area contributed by atoms with Gasteiger partial charge in [-0.25, -0.2) is 4.79 Å². The molecule has 0 saturated carbocycles. The van der Waals surface area contributed by atoms with E-state index in [9.17, 15) is 4.79 Å². The second-order valence-electron chi connectivity index (χ2n) is 5.07. The van der Waals surface area contributed by atoms with Crippen LogP contribution in [-0.2, 0) is 6.54 Å². The molecular formula is C13H23N5O. The van der Waals surface area contributed by atoms with E-state index in [1.165, 1.54) is 19.3 Å². The molecule has 0 radical (unpaired) electrons. The zero-order valence-electron chi connectivity index (χ0n) is 11.5. The van der Waals surface area contributed by atoms with Crippen LogP contribution in [0.1, 0.15) is 31.9 Å². The molecule has 1 fully saturated rings. The van der Waals surface area contributed by atoms with Gasteiger partial charge in [0.2, 0.25) is 0 Å². The molecule has 2 amide bonds. The predicted octanol–water partition coefficient (Wildman–Crippen LogP) is 1.08. The van der Waals surface area contributed by atoms with E-state index in [1.807, 2.05) is 6.07 Å². The van der Waals surface area contributed by atoms with E-state index in [2.05, 4.69) is 32.7 Å². The highest BCUT2D eigenvalue weighted by Gasteiger charge is 2.17. The molecule has 1 saturated heterocycles. The molecule has 19 heavy (non-hydrogen) atoms. The van der Waals surface area contributed by atoms with Crippen LogP contribution in [0, 0.1) is 0 Å². The van der Waals surface area contributed by atoms with E-state index >= 15 is 0 Å². The molecule has 1 aromatic heterocycles. The van der Waals surface area contributed by atoms with Gasteiger partial charge in [-0.05, 0) is 32.4 Å². The van der Waals surface area contributed by atoms with E-state index in [0.29, 0.717) is 19.1 Å². The van der Waals surface area contributed by atoms with E-state index in [4.69, 9.17) is 0 Å². The molecule has 2 rings (SSSR count). The summed E-state index contributed by atoms with van der Waals surface area (Å²) in [5.41, 5.74) is 0.903. The Morgan fingerprint density at radius 1 is 1.53 bits per heavy atom. The van der Waals surface area contributed by atoms with Crippen molar-refractivity contribution in [3.05, 3.63) is 18.0 Å². The first-order chi connectivity index (χ1) is 9.25. The highest BCUT2D eigenvalue weighted by atomic mass is 16.2. The Kier molecular flexibility index (Phi) is 5.20. The Bertz CT molecular complexity index is 378. The van der Waals surface area contributed by atoms with Crippen LogP contribution < -0.4 is 10.6 Å². The molecule has 1 aliphatic heterocycles. The summed E-state index contributed by atoms with van der Waals surface area (Å²) in [4.78, 5) is 14.0. The first-order valence-electron chi connectivity index (χ1n) is 6.99. The fourth-order valence-electron chi connectivity index (χ4n) is 2.42. The van der Waals surface area contributed by atoms with Crippen molar-refractivity contribution in [1.29, 1.82) is 0 Å². The Hall–Kier alpha value is -1.56. The number of urea groups is 1. The van der Waals surface area contributed by atoms with Crippen LogP contribution >= 0.6 is 0 Å². The second-order valence-corrected chi connectivity index (χ2v) is 5.07. The highest BCUT2D eigenvalue weighted by molar-refractivity contribution is 5.73. The quantitative estimate of drug-likeness (QED) is 0.746. The third kappa shape index (κ3) is 4.55. The van der Waals surface area contributed by atoms with Gasteiger partial charge in [-0.1, -0.05) is 6.42 Å². The average Bonchev–Trinajstić information content (AvgIpc) is 2.92. The summed E-state index contributed by atoms with van der Waals surface area (Å²) >= 11 is 0. The van der Waals surface area contributed by atoms with E-state index < -0.39 is 0 Å². The minimum absolute atomic E-state index is 0.126. The number of carbonyl (C=O) groups is 1.